The van der Waals surface area contributed by atoms with E-state index in [2.05, 4.69) is 5.32 Å². The van der Waals surface area contributed by atoms with Crippen molar-refractivity contribution in [2.75, 3.05) is 11.4 Å². The number of benzene rings is 1. The van der Waals surface area contributed by atoms with Gasteiger partial charge in [-0.05, 0) is 31.0 Å². The minimum Gasteiger partial charge on any atom is -0.478 e. The Morgan fingerprint density at radius 3 is 2.70 bits per heavy atom. The maximum atomic E-state index is 12.1. The molecular weight excluding hydrogens is 262 g/mol. The zero-order valence-electron chi connectivity index (χ0n) is 10.9. The summed E-state index contributed by atoms with van der Waals surface area (Å²) >= 11 is 0. The molecule has 7 nitrogen and oxygen atoms in total. The van der Waals surface area contributed by atoms with Crippen molar-refractivity contribution in [1.82, 2.24) is 5.32 Å². The van der Waals surface area contributed by atoms with Gasteiger partial charge in [-0.25, -0.2) is 9.59 Å². The average molecular weight is 277 g/mol. The second-order valence-corrected chi connectivity index (χ2v) is 4.62. The lowest BCUT2D eigenvalue weighted by molar-refractivity contribution is -0.119. The number of anilines is 1. The summed E-state index contributed by atoms with van der Waals surface area (Å²) in [4.78, 5) is 35.4. The molecule has 1 atom stereocenters. The first-order valence-electron chi connectivity index (χ1n) is 6.13. The number of nitrogens with one attached hydrogen (secondary N) is 1. The summed E-state index contributed by atoms with van der Waals surface area (Å²) in [7, 11) is 0. The number of urea groups is 1. The molecule has 0 saturated heterocycles. The van der Waals surface area contributed by atoms with E-state index in [-0.39, 0.29) is 5.56 Å². The van der Waals surface area contributed by atoms with E-state index in [1.165, 1.54) is 24.0 Å². The Balaban J connectivity index is 2.22. The molecule has 0 aliphatic carbocycles. The van der Waals surface area contributed by atoms with Crippen LogP contribution in [0.15, 0.2) is 18.2 Å². The molecule has 2 rings (SSSR count). The standard InChI is InChI=1S/C13H15N3O4/c1-7(11(14)17)15-13(20)16-5-4-8-2-3-9(12(18)19)6-10(8)16/h2-3,6-7H,4-5H2,1H3,(H2,14,17)(H,15,20)(H,18,19). The summed E-state index contributed by atoms with van der Waals surface area (Å²) in [5.74, 6) is -1.68. The van der Waals surface area contributed by atoms with Crippen molar-refractivity contribution in [2.45, 2.75) is 19.4 Å². The number of aromatic carboxylic acids is 1. The Hall–Kier alpha value is -2.57. The third-order valence-electron chi connectivity index (χ3n) is 3.24. The lowest BCUT2D eigenvalue weighted by atomic mass is 10.1. The molecule has 1 aliphatic rings. The maximum Gasteiger partial charge on any atom is 0.335 e. The van der Waals surface area contributed by atoms with Gasteiger partial charge in [-0.2, -0.15) is 0 Å². The topological polar surface area (TPSA) is 113 Å². The van der Waals surface area contributed by atoms with E-state index in [0.29, 0.717) is 18.7 Å². The van der Waals surface area contributed by atoms with Crippen LogP contribution in [0.1, 0.15) is 22.8 Å². The van der Waals surface area contributed by atoms with Crippen LogP contribution in [0, 0.1) is 0 Å². The van der Waals surface area contributed by atoms with Crippen LogP contribution in [-0.2, 0) is 11.2 Å². The van der Waals surface area contributed by atoms with Crippen molar-refractivity contribution < 1.29 is 19.5 Å². The molecule has 4 N–H and O–H groups in total. The molecule has 3 amide bonds. The Morgan fingerprint density at radius 1 is 1.40 bits per heavy atom. The summed E-state index contributed by atoms with van der Waals surface area (Å²) < 4.78 is 0. The van der Waals surface area contributed by atoms with E-state index in [1.807, 2.05) is 0 Å². The zero-order valence-corrected chi connectivity index (χ0v) is 10.9. The van der Waals surface area contributed by atoms with Crippen LogP contribution >= 0.6 is 0 Å². The van der Waals surface area contributed by atoms with Gasteiger partial charge in [0.1, 0.15) is 6.04 Å². The number of fused-ring (bicyclic) bond motifs is 1. The molecule has 1 aromatic carbocycles. The molecule has 1 heterocycles. The number of hydrogen-bond acceptors (Lipinski definition) is 3. The molecule has 0 aromatic heterocycles. The second kappa shape index (κ2) is 5.20. The van der Waals surface area contributed by atoms with Crippen LogP contribution in [0.5, 0.6) is 0 Å². The molecule has 0 spiro atoms. The molecule has 0 radical (unpaired) electrons. The van der Waals surface area contributed by atoms with Crippen molar-refractivity contribution in [3.05, 3.63) is 29.3 Å². The van der Waals surface area contributed by atoms with Crippen LogP contribution < -0.4 is 16.0 Å². The molecule has 0 bridgehead atoms. The normalized spacial score (nSPS) is 14.6. The second-order valence-electron chi connectivity index (χ2n) is 4.62. The quantitative estimate of drug-likeness (QED) is 0.738. The number of carbonyl (C=O) groups is 3. The first kappa shape index (κ1) is 13.9. The van der Waals surface area contributed by atoms with Crippen LogP contribution in [0.2, 0.25) is 0 Å². The number of nitrogens with zero attached hydrogens (tertiary/aromatic N) is 1. The molecule has 1 unspecified atom stereocenters. The molecule has 1 aromatic rings. The van der Waals surface area contributed by atoms with E-state index >= 15 is 0 Å². The van der Waals surface area contributed by atoms with E-state index in [1.54, 1.807) is 6.07 Å². The Kier molecular flexibility index (Phi) is 3.60. The average Bonchev–Trinajstić information content (AvgIpc) is 2.80. The van der Waals surface area contributed by atoms with E-state index in [4.69, 9.17) is 10.8 Å². The van der Waals surface area contributed by atoms with Crippen LogP contribution in [0.4, 0.5) is 10.5 Å². The highest BCUT2D eigenvalue weighted by atomic mass is 16.4. The zero-order chi connectivity index (χ0) is 14.9. The predicted octanol–water partition coefficient (Wildman–Crippen LogP) is 0.331. The number of rotatable bonds is 3. The van der Waals surface area contributed by atoms with Crippen molar-refractivity contribution in [3.8, 4) is 0 Å². The van der Waals surface area contributed by atoms with Crippen LogP contribution in [0.25, 0.3) is 0 Å². The number of primary amides is 1. The number of carboxylic acid groups (broad SMARTS) is 1. The number of carbonyl (C=O) groups excluding carboxylic acids is 2. The van der Waals surface area contributed by atoms with E-state index in [0.717, 1.165) is 5.56 Å². The highest BCUT2D eigenvalue weighted by Crippen LogP contribution is 2.29. The molecule has 0 saturated carbocycles. The molecular formula is C13H15N3O4. The highest BCUT2D eigenvalue weighted by Gasteiger charge is 2.27. The lowest BCUT2D eigenvalue weighted by Crippen LogP contribution is -2.48. The van der Waals surface area contributed by atoms with Gasteiger partial charge < -0.3 is 16.2 Å². The molecule has 7 heteroatoms. The Labute approximate surface area is 115 Å². The van der Waals surface area contributed by atoms with Crippen LogP contribution in [-0.4, -0.2) is 35.6 Å². The first-order chi connectivity index (χ1) is 9.40. The van der Waals surface area contributed by atoms with Gasteiger partial charge in [-0.15, -0.1) is 0 Å². The SMILES string of the molecule is CC(NC(=O)N1CCc2ccc(C(=O)O)cc21)C(N)=O. The fourth-order valence-corrected chi connectivity index (χ4v) is 2.06. The smallest absolute Gasteiger partial charge is 0.335 e. The summed E-state index contributed by atoms with van der Waals surface area (Å²) in [5.41, 5.74) is 6.66. The largest absolute Gasteiger partial charge is 0.478 e. The van der Waals surface area contributed by atoms with Gasteiger partial charge in [0, 0.05) is 12.2 Å². The minimum atomic E-state index is -1.05. The molecule has 106 valence electrons. The van der Waals surface area contributed by atoms with E-state index in [9.17, 15) is 14.4 Å². The number of nitrogens with two attached hydrogens (primary N) is 1. The number of hydrogen-bond donors (Lipinski definition) is 3. The highest BCUT2D eigenvalue weighted by molar-refractivity contribution is 5.98. The van der Waals surface area contributed by atoms with Crippen molar-refractivity contribution in [2.24, 2.45) is 5.73 Å². The third kappa shape index (κ3) is 2.56. The number of amides is 3. The van der Waals surface area contributed by atoms with Gasteiger partial charge in [-0.3, -0.25) is 9.69 Å². The number of carboxylic acids is 1. The third-order valence-corrected chi connectivity index (χ3v) is 3.24. The fraction of sp³-hybridized carbons (Fsp3) is 0.308. The van der Waals surface area contributed by atoms with Gasteiger partial charge in [0.15, 0.2) is 0 Å². The monoisotopic (exact) mass is 277 g/mol. The van der Waals surface area contributed by atoms with Gasteiger partial charge in [0.05, 0.1) is 5.56 Å². The van der Waals surface area contributed by atoms with Gasteiger partial charge >= 0.3 is 12.0 Å². The predicted molar refractivity (Wildman–Crippen MR) is 71.6 cm³/mol. The summed E-state index contributed by atoms with van der Waals surface area (Å²) in [6.07, 6.45) is 0.646. The van der Waals surface area contributed by atoms with Gasteiger partial charge in [-0.1, -0.05) is 6.07 Å². The lowest BCUT2D eigenvalue weighted by Gasteiger charge is -2.20. The fourth-order valence-electron chi connectivity index (χ4n) is 2.06. The Morgan fingerprint density at radius 2 is 2.10 bits per heavy atom. The Bertz CT molecular complexity index is 585. The summed E-state index contributed by atoms with van der Waals surface area (Å²) in [6.45, 7) is 1.93. The van der Waals surface area contributed by atoms with Gasteiger partial charge in [0.2, 0.25) is 5.91 Å². The van der Waals surface area contributed by atoms with Crippen molar-refractivity contribution >= 4 is 23.6 Å². The summed E-state index contributed by atoms with van der Waals surface area (Å²) in [5, 5.41) is 11.5. The minimum absolute atomic E-state index is 0.117. The molecule has 1 aliphatic heterocycles. The van der Waals surface area contributed by atoms with Crippen molar-refractivity contribution in [3.63, 3.8) is 0 Å². The van der Waals surface area contributed by atoms with Crippen molar-refractivity contribution in [1.29, 1.82) is 0 Å². The first-order valence-corrected chi connectivity index (χ1v) is 6.13. The van der Waals surface area contributed by atoms with Gasteiger partial charge in [0.25, 0.3) is 0 Å². The van der Waals surface area contributed by atoms with E-state index < -0.39 is 23.9 Å². The molecule has 0 fully saturated rings. The molecule has 20 heavy (non-hydrogen) atoms. The summed E-state index contributed by atoms with van der Waals surface area (Å²) in [6, 6.07) is 3.42. The van der Waals surface area contributed by atoms with Crippen LogP contribution in [0.3, 0.4) is 0 Å². The maximum absolute atomic E-state index is 12.1.